The van der Waals surface area contributed by atoms with Gasteiger partial charge in [-0.2, -0.15) is 0 Å². The molecular weight excluding hydrogens is 244 g/mol. The Hall–Kier alpha value is -1.41. The van der Waals surface area contributed by atoms with Gasteiger partial charge in [0.15, 0.2) is 0 Å². The summed E-state index contributed by atoms with van der Waals surface area (Å²) in [5, 5.41) is 4.99. The Morgan fingerprint density at radius 1 is 1.10 bits per heavy atom. The number of rotatable bonds is 7. The quantitative estimate of drug-likeness (QED) is 0.788. The number of benzene rings is 1. The SMILES string of the molecule is CCCNC(CCC(C)C)c1ccnc2ccccc12. The van der Waals surface area contributed by atoms with Crippen molar-refractivity contribution in [3.05, 3.63) is 42.1 Å². The normalized spacial score (nSPS) is 13.0. The summed E-state index contributed by atoms with van der Waals surface area (Å²) in [5.41, 5.74) is 2.49. The Labute approximate surface area is 122 Å². The highest BCUT2D eigenvalue weighted by atomic mass is 14.9. The second-order valence-corrected chi connectivity index (χ2v) is 5.90. The Morgan fingerprint density at radius 3 is 2.65 bits per heavy atom. The van der Waals surface area contributed by atoms with Crippen LogP contribution in [-0.2, 0) is 0 Å². The molecule has 0 bridgehead atoms. The third-order valence-electron chi connectivity index (χ3n) is 3.73. The topological polar surface area (TPSA) is 24.9 Å². The van der Waals surface area contributed by atoms with Crippen molar-refractivity contribution in [2.75, 3.05) is 6.54 Å². The van der Waals surface area contributed by atoms with E-state index in [2.05, 4.69) is 61.4 Å². The molecule has 0 saturated heterocycles. The van der Waals surface area contributed by atoms with E-state index in [9.17, 15) is 0 Å². The molecule has 2 rings (SSSR count). The van der Waals surface area contributed by atoms with Crippen molar-refractivity contribution in [2.24, 2.45) is 5.92 Å². The minimum atomic E-state index is 0.435. The number of hydrogen-bond acceptors (Lipinski definition) is 2. The molecule has 1 aromatic heterocycles. The molecule has 20 heavy (non-hydrogen) atoms. The van der Waals surface area contributed by atoms with E-state index in [0.29, 0.717) is 6.04 Å². The van der Waals surface area contributed by atoms with Crippen molar-refractivity contribution in [1.82, 2.24) is 10.3 Å². The van der Waals surface area contributed by atoms with Crippen LogP contribution in [0.2, 0.25) is 0 Å². The molecule has 1 N–H and O–H groups in total. The van der Waals surface area contributed by atoms with Crippen LogP contribution in [-0.4, -0.2) is 11.5 Å². The van der Waals surface area contributed by atoms with Crippen molar-refractivity contribution < 1.29 is 0 Å². The second-order valence-electron chi connectivity index (χ2n) is 5.90. The van der Waals surface area contributed by atoms with Crippen LogP contribution in [0.3, 0.4) is 0 Å². The summed E-state index contributed by atoms with van der Waals surface area (Å²) >= 11 is 0. The van der Waals surface area contributed by atoms with Crippen molar-refractivity contribution >= 4 is 10.9 Å². The van der Waals surface area contributed by atoms with Crippen LogP contribution in [0.25, 0.3) is 10.9 Å². The average molecular weight is 270 g/mol. The van der Waals surface area contributed by atoms with Gasteiger partial charge in [-0.25, -0.2) is 0 Å². The lowest BCUT2D eigenvalue weighted by Gasteiger charge is -2.21. The van der Waals surface area contributed by atoms with E-state index in [1.54, 1.807) is 0 Å². The minimum absolute atomic E-state index is 0.435. The van der Waals surface area contributed by atoms with E-state index in [1.807, 2.05) is 6.20 Å². The molecule has 1 aromatic carbocycles. The third-order valence-corrected chi connectivity index (χ3v) is 3.73. The van der Waals surface area contributed by atoms with Gasteiger partial charge in [-0.3, -0.25) is 4.98 Å². The van der Waals surface area contributed by atoms with Crippen LogP contribution < -0.4 is 5.32 Å². The van der Waals surface area contributed by atoms with Crippen molar-refractivity contribution in [2.45, 2.75) is 46.1 Å². The van der Waals surface area contributed by atoms with E-state index in [4.69, 9.17) is 0 Å². The van der Waals surface area contributed by atoms with Gasteiger partial charge < -0.3 is 5.32 Å². The Kier molecular flexibility index (Phi) is 5.54. The molecule has 2 heteroatoms. The average Bonchev–Trinajstić information content (AvgIpc) is 2.47. The van der Waals surface area contributed by atoms with E-state index < -0.39 is 0 Å². The molecule has 2 aromatic rings. The summed E-state index contributed by atoms with van der Waals surface area (Å²) in [4.78, 5) is 4.47. The zero-order chi connectivity index (χ0) is 14.4. The lowest BCUT2D eigenvalue weighted by Crippen LogP contribution is -2.23. The maximum atomic E-state index is 4.47. The summed E-state index contributed by atoms with van der Waals surface area (Å²) in [6.45, 7) is 7.87. The van der Waals surface area contributed by atoms with Gasteiger partial charge in [0.1, 0.15) is 0 Å². The first-order valence-corrected chi connectivity index (χ1v) is 7.79. The predicted molar refractivity (Wildman–Crippen MR) is 86.8 cm³/mol. The van der Waals surface area contributed by atoms with Crippen LogP contribution in [0.4, 0.5) is 0 Å². The molecule has 0 spiro atoms. The van der Waals surface area contributed by atoms with Crippen LogP contribution in [0, 0.1) is 5.92 Å². The van der Waals surface area contributed by atoms with Crippen LogP contribution >= 0.6 is 0 Å². The number of fused-ring (bicyclic) bond motifs is 1. The van der Waals surface area contributed by atoms with Gasteiger partial charge in [0.25, 0.3) is 0 Å². The molecule has 108 valence electrons. The molecule has 0 aliphatic rings. The lowest BCUT2D eigenvalue weighted by atomic mass is 9.95. The summed E-state index contributed by atoms with van der Waals surface area (Å²) in [6.07, 6.45) is 5.54. The number of para-hydroxylation sites is 1. The molecule has 0 saturated carbocycles. The minimum Gasteiger partial charge on any atom is -0.310 e. The van der Waals surface area contributed by atoms with Crippen molar-refractivity contribution in [1.29, 1.82) is 0 Å². The maximum absolute atomic E-state index is 4.47. The highest BCUT2D eigenvalue weighted by Gasteiger charge is 2.14. The smallest absolute Gasteiger partial charge is 0.0705 e. The van der Waals surface area contributed by atoms with Gasteiger partial charge in [0, 0.05) is 17.6 Å². The molecule has 0 aliphatic carbocycles. The molecular formula is C18H26N2. The highest BCUT2D eigenvalue weighted by molar-refractivity contribution is 5.82. The van der Waals surface area contributed by atoms with Gasteiger partial charge in [-0.1, -0.05) is 39.0 Å². The highest BCUT2D eigenvalue weighted by Crippen LogP contribution is 2.27. The van der Waals surface area contributed by atoms with E-state index in [1.165, 1.54) is 30.2 Å². The van der Waals surface area contributed by atoms with E-state index >= 15 is 0 Å². The van der Waals surface area contributed by atoms with Crippen molar-refractivity contribution in [3.63, 3.8) is 0 Å². The Bertz CT molecular complexity index is 528. The summed E-state index contributed by atoms with van der Waals surface area (Å²) < 4.78 is 0. The first kappa shape index (κ1) is 15.0. The largest absolute Gasteiger partial charge is 0.310 e. The molecule has 0 aliphatic heterocycles. The second kappa shape index (κ2) is 7.39. The molecule has 1 atom stereocenters. The number of nitrogens with one attached hydrogen (secondary N) is 1. The van der Waals surface area contributed by atoms with Gasteiger partial charge in [-0.15, -0.1) is 0 Å². The van der Waals surface area contributed by atoms with Crippen molar-refractivity contribution in [3.8, 4) is 0 Å². The number of pyridine rings is 1. The zero-order valence-electron chi connectivity index (χ0n) is 12.9. The molecule has 1 unspecified atom stereocenters. The monoisotopic (exact) mass is 270 g/mol. The van der Waals surface area contributed by atoms with Crippen LogP contribution in [0.5, 0.6) is 0 Å². The van der Waals surface area contributed by atoms with Gasteiger partial charge in [0.05, 0.1) is 5.52 Å². The zero-order valence-corrected chi connectivity index (χ0v) is 12.9. The Morgan fingerprint density at radius 2 is 1.90 bits per heavy atom. The molecule has 2 nitrogen and oxygen atoms in total. The van der Waals surface area contributed by atoms with E-state index in [-0.39, 0.29) is 0 Å². The predicted octanol–water partition coefficient (Wildman–Crippen LogP) is 4.71. The number of nitrogens with zero attached hydrogens (tertiary/aromatic N) is 1. The fourth-order valence-corrected chi connectivity index (χ4v) is 2.61. The summed E-state index contributed by atoms with van der Waals surface area (Å²) in [5.74, 6) is 0.744. The van der Waals surface area contributed by atoms with Crippen LogP contribution in [0.1, 0.15) is 51.6 Å². The summed E-state index contributed by atoms with van der Waals surface area (Å²) in [7, 11) is 0. The van der Waals surface area contributed by atoms with Gasteiger partial charge in [0.2, 0.25) is 0 Å². The molecule has 0 amide bonds. The Balaban J connectivity index is 2.29. The number of aromatic nitrogens is 1. The maximum Gasteiger partial charge on any atom is 0.0705 e. The summed E-state index contributed by atoms with van der Waals surface area (Å²) in [6, 6.07) is 11.1. The van der Waals surface area contributed by atoms with Crippen LogP contribution in [0.15, 0.2) is 36.5 Å². The standard InChI is InChI=1S/C18H26N2/c1-4-12-19-18(10-9-14(2)3)16-11-13-20-17-8-6-5-7-15(16)17/h5-8,11,13-14,18-19H,4,9-10,12H2,1-3H3. The molecule has 0 radical (unpaired) electrons. The first-order valence-electron chi connectivity index (χ1n) is 7.79. The molecule has 1 heterocycles. The van der Waals surface area contributed by atoms with Gasteiger partial charge in [-0.05, 0) is 49.4 Å². The number of hydrogen-bond donors (Lipinski definition) is 1. The fourth-order valence-electron chi connectivity index (χ4n) is 2.61. The van der Waals surface area contributed by atoms with E-state index in [0.717, 1.165) is 18.0 Å². The first-order chi connectivity index (χ1) is 9.72. The third kappa shape index (κ3) is 3.80. The lowest BCUT2D eigenvalue weighted by molar-refractivity contribution is 0.442. The van der Waals surface area contributed by atoms with Gasteiger partial charge >= 0.3 is 0 Å². The molecule has 0 fully saturated rings. The fraction of sp³-hybridized carbons (Fsp3) is 0.500.